The van der Waals surface area contributed by atoms with Crippen molar-refractivity contribution < 1.29 is 4.52 Å². The fourth-order valence-corrected chi connectivity index (χ4v) is 2.66. The molecule has 1 N–H and O–H groups in total. The van der Waals surface area contributed by atoms with Gasteiger partial charge in [-0.2, -0.15) is 4.98 Å². The van der Waals surface area contributed by atoms with E-state index in [0.29, 0.717) is 17.8 Å². The highest BCUT2D eigenvalue weighted by Gasteiger charge is 2.32. The summed E-state index contributed by atoms with van der Waals surface area (Å²) < 4.78 is 7.29. The topological polar surface area (TPSA) is 68.8 Å². The maximum atomic E-state index is 5.40. The molecule has 0 radical (unpaired) electrons. The van der Waals surface area contributed by atoms with E-state index in [2.05, 4.69) is 20.4 Å². The molecule has 96 valence electrons. The van der Waals surface area contributed by atoms with Crippen molar-refractivity contribution in [3.8, 4) is 11.6 Å². The van der Waals surface area contributed by atoms with Gasteiger partial charge in [0.15, 0.2) is 5.82 Å². The van der Waals surface area contributed by atoms with Crippen molar-refractivity contribution in [2.24, 2.45) is 7.05 Å². The zero-order valence-electron chi connectivity index (χ0n) is 10.6. The number of aryl methyl sites for hydroxylation is 1. The van der Waals surface area contributed by atoms with Gasteiger partial charge in [0.05, 0.1) is 5.92 Å². The van der Waals surface area contributed by atoms with Crippen molar-refractivity contribution >= 4 is 0 Å². The molecule has 0 amide bonds. The number of imidazole rings is 1. The van der Waals surface area contributed by atoms with E-state index in [4.69, 9.17) is 4.52 Å². The first-order chi connectivity index (χ1) is 8.79. The van der Waals surface area contributed by atoms with E-state index in [-0.39, 0.29) is 0 Å². The molecule has 6 heteroatoms. The van der Waals surface area contributed by atoms with Crippen molar-refractivity contribution in [3.05, 3.63) is 18.3 Å². The third-order valence-electron chi connectivity index (χ3n) is 3.67. The maximum Gasteiger partial charge on any atom is 0.238 e. The molecule has 2 heterocycles. The van der Waals surface area contributed by atoms with Crippen LogP contribution in [0.25, 0.3) is 11.6 Å². The summed E-state index contributed by atoms with van der Waals surface area (Å²) in [5, 5.41) is 7.35. The normalized spacial score (nSPS) is 23.7. The Kier molecular flexibility index (Phi) is 2.87. The third-order valence-corrected chi connectivity index (χ3v) is 3.67. The van der Waals surface area contributed by atoms with Crippen molar-refractivity contribution in [2.45, 2.75) is 31.2 Å². The van der Waals surface area contributed by atoms with Crippen LogP contribution in [0.2, 0.25) is 0 Å². The molecule has 1 saturated carbocycles. The maximum absolute atomic E-state index is 5.40. The summed E-state index contributed by atoms with van der Waals surface area (Å²) in [6.45, 7) is 0. The van der Waals surface area contributed by atoms with Crippen LogP contribution in [0.4, 0.5) is 0 Å². The lowest BCUT2D eigenvalue weighted by Gasteiger charge is -2.14. The van der Waals surface area contributed by atoms with Gasteiger partial charge in [-0.05, 0) is 19.9 Å². The van der Waals surface area contributed by atoms with E-state index >= 15 is 0 Å². The minimum Gasteiger partial charge on any atom is -0.338 e. The minimum atomic E-state index is 0.330. The van der Waals surface area contributed by atoms with Crippen LogP contribution in [-0.4, -0.2) is 32.8 Å². The molecular formula is C12H17N5O. The lowest BCUT2D eigenvalue weighted by atomic mass is 10.0. The lowest BCUT2D eigenvalue weighted by molar-refractivity contribution is 0.335. The number of aromatic nitrogens is 4. The molecule has 2 aromatic rings. The van der Waals surface area contributed by atoms with E-state index in [1.807, 2.05) is 24.9 Å². The number of rotatable bonds is 3. The van der Waals surface area contributed by atoms with Crippen LogP contribution in [0.3, 0.4) is 0 Å². The monoisotopic (exact) mass is 247 g/mol. The van der Waals surface area contributed by atoms with Gasteiger partial charge in [-0.15, -0.1) is 0 Å². The molecular weight excluding hydrogens is 230 g/mol. The Bertz CT molecular complexity index is 532. The Balaban J connectivity index is 1.88. The zero-order valence-corrected chi connectivity index (χ0v) is 10.6. The Morgan fingerprint density at radius 3 is 3.06 bits per heavy atom. The molecule has 3 rings (SSSR count). The summed E-state index contributed by atoms with van der Waals surface area (Å²) in [6.07, 6.45) is 7.08. The van der Waals surface area contributed by atoms with Gasteiger partial charge in [0.2, 0.25) is 11.7 Å². The van der Waals surface area contributed by atoms with Crippen LogP contribution < -0.4 is 5.32 Å². The van der Waals surface area contributed by atoms with Crippen LogP contribution in [0.1, 0.15) is 31.1 Å². The van der Waals surface area contributed by atoms with Crippen LogP contribution in [0, 0.1) is 0 Å². The Morgan fingerprint density at radius 1 is 1.44 bits per heavy atom. The van der Waals surface area contributed by atoms with Gasteiger partial charge in [0, 0.05) is 25.5 Å². The van der Waals surface area contributed by atoms with E-state index < -0.39 is 0 Å². The number of hydrogen-bond acceptors (Lipinski definition) is 5. The van der Waals surface area contributed by atoms with Crippen molar-refractivity contribution in [1.29, 1.82) is 0 Å². The summed E-state index contributed by atoms with van der Waals surface area (Å²) >= 11 is 0. The summed E-state index contributed by atoms with van der Waals surface area (Å²) in [4.78, 5) is 8.72. The quantitative estimate of drug-likeness (QED) is 0.886. The summed E-state index contributed by atoms with van der Waals surface area (Å²) in [7, 11) is 3.91. The molecule has 18 heavy (non-hydrogen) atoms. The second kappa shape index (κ2) is 4.53. The Hall–Kier alpha value is -1.69. The molecule has 0 aliphatic heterocycles. The van der Waals surface area contributed by atoms with E-state index in [9.17, 15) is 0 Å². The molecule has 1 fully saturated rings. The molecule has 0 spiro atoms. The average molecular weight is 247 g/mol. The molecule has 0 saturated heterocycles. The van der Waals surface area contributed by atoms with Gasteiger partial charge in [-0.3, -0.25) is 0 Å². The minimum absolute atomic E-state index is 0.330. The number of nitrogens with one attached hydrogen (secondary N) is 1. The second-order valence-electron chi connectivity index (χ2n) is 4.75. The molecule has 2 atom stereocenters. The van der Waals surface area contributed by atoms with Gasteiger partial charge in [-0.1, -0.05) is 11.6 Å². The lowest BCUT2D eigenvalue weighted by Crippen LogP contribution is -2.27. The predicted octanol–water partition coefficient (Wildman–Crippen LogP) is 1.33. The molecule has 0 bridgehead atoms. The number of likely N-dealkylation sites (N-methyl/N-ethyl adjacent to an activating group) is 1. The summed E-state index contributed by atoms with van der Waals surface area (Å²) in [6, 6.07) is 0.444. The van der Waals surface area contributed by atoms with Crippen LogP contribution in [0.15, 0.2) is 16.9 Å². The SMILES string of the molecule is CNC1CCCC1c1nc(-c2nccn2C)no1. The Morgan fingerprint density at radius 2 is 2.33 bits per heavy atom. The number of hydrogen-bond donors (Lipinski definition) is 1. The van der Waals surface area contributed by atoms with E-state index in [1.54, 1.807) is 6.20 Å². The van der Waals surface area contributed by atoms with E-state index in [0.717, 1.165) is 18.1 Å². The number of nitrogens with zero attached hydrogens (tertiary/aromatic N) is 4. The molecule has 0 aromatic carbocycles. The smallest absolute Gasteiger partial charge is 0.238 e. The Labute approximate surface area is 105 Å². The fourth-order valence-electron chi connectivity index (χ4n) is 2.66. The first-order valence-electron chi connectivity index (χ1n) is 6.28. The van der Waals surface area contributed by atoms with Crippen LogP contribution in [-0.2, 0) is 7.05 Å². The first-order valence-corrected chi connectivity index (χ1v) is 6.28. The molecule has 1 aliphatic carbocycles. The van der Waals surface area contributed by atoms with Gasteiger partial charge in [0.1, 0.15) is 0 Å². The third kappa shape index (κ3) is 1.82. The van der Waals surface area contributed by atoms with Crippen LogP contribution >= 0.6 is 0 Å². The van der Waals surface area contributed by atoms with Gasteiger partial charge >= 0.3 is 0 Å². The molecule has 2 aromatic heterocycles. The largest absolute Gasteiger partial charge is 0.338 e. The standard InChI is InChI=1S/C12H17N5O/c1-13-9-5-3-4-8(9)12-15-10(16-18-12)11-14-6-7-17(11)2/h6-9,13H,3-5H2,1-2H3. The van der Waals surface area contributed by atoms with Crippen molar-refractivity contribution in [2.75, 3.05) is 7.05 Å². The van der Waals surface area contributed by atoms with Gasteiger partial charge < -0.3 is 14.4 Å². The predicted molar refractivity (Wildman–Crippen MR) is 65.9 cm³/mol. The van der Waals surface area contributed by atoms with Gasteiger partial charge in [-0.25, -0.2) is 4.98 Å². The molecule has 6 nitrogen and oxygen atoms in total. The summed E-state index contributed by atoms with van der Waals surface area (Å²) in [5.41, 5.74) is 0. The highest BCUT2D eigenvalue weighted by Crippen LogP contribution is 2.34. The average Bonchev–Trinajstić information content (AvgIpc) is 3.06. The van der Waals surface area contributed by atoms with Crippen molar-refractivity contribution in [3.63, 3.8) is 0 Å². The second-order valence-corrected chi connectivity index (χ2v) is 4.75. The zero-order chi connectivity index (χ0) is 12.5. The first kappa shape index (κ1) is 11.4. The van der Waals surface area contributed by atoms with E-state index in [1.165, 1.54) is 12.8 Å². The van der Waals surface area contributed by atoms with Gasteiger partial charge in [0.25, 0.3) is 0 Å². The van der Waals surface area contributed by atoms with Crippen molar-refractivity contribution in [1.82, 2.24) is 25.0 Å². The molecule has 2 unspecified atom stereocenters. The highest BCUT2D eigenvalue weighted by molar-refractivity contribution is 5.42. The summed E-state index contributed by atoms with van der Waals surface area (Å²) in [5.74, 6) is 2.37. The fraction of sp³-hybridized carbons (Fsp3) is 0.583. The highest BCUT2D eigenvalue weighted by atomic mass is 16.5. The van der Waals surface area contributed by atoms with Crippen LogP contribution in [0.5, 0.6) is 0 Å². The molecule has 1 aliphatic rings.